The lowest BCUT2D eigenvalue weighted by atomic mass is 9.73. The van der Waals surface area contributed by atoms with Crippen LogP contribution >= 0.6 is 11.6 Å². The molecule has 1 atom stereocenters. The lowest BCUT2D eigenvalue weighted by molar-refractivity contribution is -0.115. The lowest BCUT2D eigenvalue weighted by Gasteiger charge is -2.29. The van der Waals surface area contributed by atoms with Crippen LogP contribution in [-0.4, -0.2) is 11.7 Å². The van der Waals surface area contributed by atoms with Crippen molar-refractivity contribution in [1.82, 2.24) is 0 Å². The third kappa shape index (κ3) is 1.88. The second-order valence-electron chi connectivity index (χ2n) is 5.53. The molecule has 3 nitrogen and oxygen atoms in total. The zero-order valence-corrected chi connectivity index (χ0v) is 11.9. The van der Waals surface area contributed by atoms with Gasteiger partial charge in [-0.1, -0.05) is 35.9 Å². The largest absolute Gasteiger partial charge is 0.325 e. The second kappa shape index (κ2) is 4.43. The molecule has 0 radical (unpaired) electrons. The Bertz CT molecular complexity index is 797. The van der Waals surface area contributed by atoms with Gasteiger partial charge in [-0.3, -0.25) is 9.59 Å². The van der Waals surface area contributed by atoms with Crippen LogP contribution in [-0.2, 0) is 17.6 Å². The van der Waals surface area contributed by atoms with E-state index in [1.165, 1.54) is 5.56 Å². The molecule has 0 aromatic heterocycles. The minimum Gasteiger partial charge on any atom is -0.325 e. The van der Waals surface area contributed by atoms with Gasteiger partial charge < -0.3 is 5.32 Å². The molecular formula is C17H12ClNO2. The Hall–Kier alpha value is -2.13. The monoisotopic (exact) mass is 297 g/mol. The Morgan fingerprint density at radius 3 is 2.81 bits per heavy atom. The fourth-order valence-corrected chi connectivity index (χ4v) is 3.37. The van der Waals surface area contributed by atoms with Crippen molar-refractivity contribution in [3.63, 3.8) is 0 Å². The summed E-state index contributed by atoms with van der Waals surface area (Å²) in [5.74, 6) is -0.123. The normalized spacial score (nSPS) is 18.5. The first-order valence-electron chi connectivity index (χ1n) is 6.88. The fraction of sp³-hybridized carbons (Fsp3) is 0.176. The molecule has 0 saturated carbocycles. The van der Waals surface area contributed by atoms with Gasteiger partial charge in [-0.05, 0) is 35.2 Å². The van der Waals surface area contributed by atoms with Crippen molar-refractivity contribution in [2.45, 2.75) is 18.8 Å². The Morgan fingerprint density at radius 2 is 2.00 bits per heavy atom. The van der Waals surface area contributed by atoms with Crippen LogP contribution in [0, 0.1) is 0 Å². The molecular weight excluding hydrogens is 286 g/mol. The number of benzene rings is 2. The number of hydrogen-bond donors (Lipinski definition) is 1. The van der Waals surface area contributed by atoms with Crippen LogP contribution in [0.25, 0.3) is 0 Å². The standard InChI is InChI=1S/C17H12ClNO2/c18-14-8-15-10(7-16(20)19-15)6-13(14)17(21)12-5-9-3-1-2-4-11(9)12/h1-4,6,8,12H,5,7H2,(H,19,20). The molecule has 2 aliphatic rings. The molecule has 0 saturated heterocycles. The summed E-state index contributed by atoms with van der Waals surface area (Å²) in [5.41, 5.74) is 4.40. The summed E-state index contributed by atoms with van der Waals surface area (Å²) in [4.78, 5) is 24.1. The van der Waals surface area contributed by atoms with E-state index in [-0.39, 0.29) is 17.6 Å². The van der Waals surface area contributed by atoms with Gasteiger partial charge in [0.2, 0.25) is 5.91 Å². The molecule has 1 unspecified atom stereocenters. The molecule has 0 spiro atoms. The molecule has 4 heteroatoms. The van der Waals surface area contributed by atoms with Crippen molar-refractivity contribution in [3.8, 4) is 0 Å². The van der Waals surface area contributed by atoms with Crippen LogP contribution < -0.4 is 5.32 Å². The zero-order chi connectivity index (χ0) is 14.6. The average molecular weight is 298 g/mol. The number of Topliss-reactive ketones (excluding diaryl/α,β-unsaturated/α-hetero) is 1. The summed E-state index contributed by atoms with van der Waals surface area (Å²) in [6, 6.07) is 11.4. The smallest absolute Gasteiger partial charge is 0.228 e. The molecule has 0 fully saturated rings. The van der Waals surface area contributed by atoms with Gasteiger partial charge in [0.05, 0.1) is 17.4 Å². The molecule has 1 amide bonds. The first-order valence-corrected chi connectivity index (χ1v) is 7.25. The van der Waals surface area contributed by atoms with Gasteiger partial charge in [-0.2, -0.15) is 0 Å². The Labute approximate surface area is 126 Å². The van der Waals surface area contributed by atoms with E-state index in [1.54, 1.807) is 12.1 Å². The highest BCUT2D eigenvalue weighted by Gasteiger charge is 2.34. The number of carbonyl (C=O) groups is 2. The number of carbonyl (C=O) groups excluding carboxylic acids is 2. The van der Waals surface area contributed by atoms with Gasteiger partial charge in [0.25, 0.3) is 0 Å². The quantitative estimate of drug-likeness (QED) is 0.864. The van der Waals surface area contributed by atoms with Gasteiger partial charge in [0.15, 0.2) is 5.78 Å². The van der Waals surface area contributed by atoms with Crippen LogP contribution in [0.2, 0.25) is 5.02 Å². The predicted molar refractivity (Wildman–Crippen MR) is 81.0 cm³/mol. The van der Waals surface area contributed by atoms with E-state index in [0.717, 1.165) is 23.2 Å². The summed E-state index contributed by atoms with van der Waals surface area (Å²) < 4.78 is 0. The van der Waals surface area contributed by atoms with Crippen molar-refractivity contribution in [1.29, 1.82) is 0 Å². The number of hydrogen-bond acceptors (Lipinski definition) is 2. The minimum atomic E-state index is -0.109. The number of amides is 1. The van der Waals surface area contributed by atoms with Gasteiger partial charge in [-0.15, -0.1) is 0 Å². The van der Waals surface area contributed by atoms with E-state index >= 15 is 0 Å². The van der Waals surface area contributed by atoms with Crippen LogP contribution in [0.4, 0.5) is 5.69 Å². The summed E-state index contributed by atoms with van der Waals surface area (Å²) in [6.07, 6.45) is 1.08. The van der Waals surface area contributed by atoms with Gasteiger partial charge in [0, 0.05) is 11.3 Å². The lowest BCUT2D eigenvalue weighted by Crippen LogP contribution is -2.25. The molecule has 4 rings (SSSR count). The third-order valence-electron chi connectivity index (χ3n) is 4.25. The molecule has 21 heavy (non-hydrogen) atoms. The number of fused-ring (bicyclic) bond motifs is 2. The average Bonchev–Trinajstić information content (AvgIpc) is 2.78. The third-order valence-corrected chi connectivity index (χ3v) is 4.57. The van der Waals surface area contributed by atoms with Crippen molar-refractivity contribution in [2.24, 2.45) is 0 Å². The second-order valence-corrected chi connectivity index (χ2v) is 5.94. The van der Waals surface area contributed by atoms with Crippen LogP contribution in [0.1, 0.15) is 33.0 Å². The van der Waals surface area contributed by atoms with E-state index in [0.29, 0.717) is 17.0 Å². The number of ketones is 1. The molecule has 1 heterocycles. The Morgan fingerprint density at radius 1 is 1.19 bits per heavy atom. The van der Waals surface area contributed by atoms with Crippen molar-refractivity contribution < 1.29 is 9.59 Å². The minimum absolute atomic E-state index is 0.0425. The first kappa shape index (κ1) is 12.6. The van der Waals surface area contributed by atoms with Crippen molar-refractivity contribution >= 4 is 29.0 Å². The summed E-state index contributed by atoms with van der Waals surface area (Å²) in [5, 5.41) is 3.15. The molecule has 1 aliphatic heterocycles. The Balaban J connectivity index is 1.71. The summed E-state index contributed by atoms with van der Waals surface area (Å²) in [7, 11) is 0. The van der Waals surface area contributed by atoms with E-state index in [2.05, 4.69) is 5.32 Å². The van der Waals surface area contributed by atoms with E-state index < -0.39 is 0 Å². The number of halogens is 1. The highest BCUT2D eigenvalue weighted by atomic mass is 35.5. The molecule has 0 bridgehead atoms. The molecule has 104 valence electrons. The SMILES string of the molecule is O=C1Cc2cc(C(=O)C3Cc4ccccc43)c(Cl)cc2N1. The van der Waals surface area contributed by atoms with E-state index in [1.807, 2.05) is 24.3 Å². The number of anilines is 1. The fourth-order valence-electron chi connectivity index (χ4n) is 3.12. The van der Waals surface area contributed by atoms with Crippen molar-refractivity contribution in [2.75, 3.05) is 5.32 Å². The topological polar surface area (TPSA) is 46.2 Å². The summed E-state index contributed by atoms with van der Waals surface area (Å²) in [6.45, 7) is 0. The maximum atomic E-state index is 12.7. The summed E-state index contributed by atoms with van der Waals surface area (Å²) >= 11 is 6.23. The zero-order valence-electron chi connectivity index (χ0n) is 11.2. The number of rotatable bonds is 2. The molecule has 2 aromatic rings. The number of nitrogens with one attached hydrogen (secondary N) is 1. The van der Waals surface area contributed by atoms with Crippen LogP contribution in [0.5, 0.6) is 0 Å². The molecule has 1 N–H and O–H groups in total. The van der Waals surface area contributed by atoms with Gasteiger partial charge >= 0.3 is 0 Å². The Kier molecular flexibility index (Phi) is 2.66. The van der Waals surface area contributed by atoms with Crippen LogP contribution in [0.3, 0.4) is 0 Å². The first-order chi connectivity index (χ1) is 10.1. The van der Waals surface area contributed by atoms with Gasteiger partial charge in [0.1, 0.15) is 0 Å². The maximum Gasteiger partial charge on any atom is 0.228 e. The predicted octanol–water partition coefficient (Wildman–Crippen LogP) is 3.36. The van der Waals surface area contributed by atoms with Gasteiger partial charge in [-0.25, -0.2) is 0 Å². The highest BCUT2D eigenvalue weighted by Crippen LogP contribution is 2.39. The van der Waals surface area contributed by atoms with Crippen LogP contribution in [0.15, 0.2) is 36.4 Å². The van der Waals surface area contributed by atoms with E-state index in [4.69, 9.17) is 11.6 Å². The molecule has 1 aliphatic carbocycles. The maximum absolute atomic E-state index is 12.7. The highest BCUT2D eigenvalue weighted by molar-refractivity contribution is 6.35. The van der Waals surface area contributed by atoms with E-state index in [9.17, 15) is 9.59 Å². The molecule has 2 aromatic carbocycles. The van der Waals surface area contributed by atoms with Crippen molar-refractivity contribution in [3.05, 3.63) is 63.7 Å².